The number of nitrogens with zero attached hydrogens (tertiary/aromatic N) is 4. The normalized spacial score (nSPS) is 12.7. The molecule has 14 heteroatoms. The zero-order valence-corrected chi connectivity index (χ0v) is 18.8. The first-order valence-electron chi connectivity index (χ1n) is 9.41. The first-order chi connectivity index (χ1) is 14.5. The molecule has 0 fully saturated rings. The lowest BCUT2D eigenvalue weighted by molar-refractivity contribution is 0.0374. The Hall–Kier alpha value is -2.92. The molecule has 0 amide bonds. The smallest absolute Gasteiger partial charge is 0.431 e. The topological polar surface area (TPSA) is 167 Å². The molecule has 2 N–H and O–H groups in total. The number of carbonyl (C=O) groups excluding carboxylic acids is 2. The molecular formula is C17H26N5O8P. The summed E-state index contributed by atoms with van der Waals surface area (Å²) in [5, 5.41) is 0. The summed E-state index contributed by atoms with van der Waals surface area (Å²) in [6, 6.07) is 0. The van der Waals surface area contributed by atoms with Crippen molar-refractivity contribution < 1.29 is 37.4 Å². The predicted octanol–water partition coefficient (Wildman–Crippen LogP) is 3.09. The average molecular weight is 459 g/mol. The molecule has 0 aliphatic carbocycles. The van der Waals surface area contributed by atoms with E-state index in [1.165, 1.54) is 12.7 Å². The molecule has 0 radical (unpaired) electrons. The van der Waals surface area contributed by atoms with Gasteiger partial charge in [-0.3, -0.25) is 0 Å². The fourth-order valence-corrected chi connectivity index (χ4v) is 3.43. The summed E-state index contributed by atoms with van der Waals surface area (Å²) in [4.78, 5) is 35.8. The molecule has 0 saturated heterocycles. The fraction of sp³-hybridized carbons (Fsp3) is 0.588. The van der Waals surface area contributed by atoms with Crippen LogP contribution >= 0.6 is 7.60 Å². The molecule has 0 aromatic carbocycles. The van der Waals surface area contributed by atoms with Crippen molar-refractivity contribution in [2.45, 2.75) is 59.5 Å². The number of nitrogen functional groups attached to an aromatic ring is 1. The summed E-state index contributed by atoms with van der Waals surface area (Å²) in [6.45, 7) is 8.20. The van der Waals surface area contributed by atoms with Gasteiger partial charge >= 0.3 is 19.9 Å². The molecule has 0 saturated carbocycles. The number of imidazole rings is 1. The minimum Gasteiger partial charge on any atom is -0.431 e. The van der Waals surface area contributed by atoms with Crippen molar-refractivity contribution in [1.29, 1.82) is 0 Å². The highest BCUT2D eigenvalue weighted by molar-refractivity contribution is 7.54. The van der Waals surface area contributed by atoms with E-state index in [1.54, 1.807) is 39.2 Å². The fourth-order valence-electron chi connectivity index (χ4n) is 2.31. The molecule has 0 bridgehead atoms. The third-order valence-electron chi connectivity index (χ3n) is 3.49. The Balaban J connectivity index is 2.06. The van der Waals surface area contributed by atoms with E-state index in [0.717, 1.165) is 0 Å². The number of anilines is 1. The van der Waals surface area contributed by atoms with Crippen molar-refractivity contribution in [3.63, 3.8) is 0 Å². The van der Waals surface area contributed by atoms with Gasteiger partial charge in [0.05, 0.1) is 31.2 Å². The van der Waals surface area contributed by atoms with Crippen LogP contribution in [0.25, 0.3) is 11.2 Å². The Labute approximate surface area is 178 Å². The Bertz CT molecular complexity index is 935. The van der Waals surface area contributed by atoms with E-state index in [0.29, 0.717) is 11.2 Å². The Morgan fingerprint density at radius 1 is 1.03 bits per heavy atom. The molecule has 13 nitrogen and oxygen atoms in total. The van der Waals surface area contributed by atoms with Gasteiger partial charge in [-0.15, -0.1) is 0 Å². The van der Waals surface area contributed by atoms with Crippen LogP contribution in [0.3, 0.4) is 0 Å². The van der Waals surface area contributed by atoms with Crippen molar-refractivity contribution in [2.75, 3.05) is 12.1 Å². The highest BCUT2D eigenvalue weighted by atomic mass is 31.2. The van der Waals surface area contributed by atoms with Crippen LogP contribution in [-0.2, 0) is 34.4 Å². The highest BCUT2D eigenvalue weighted by Crippen LogP contribution is 2.49. The second kappa shape index (κ2) is 10.4. The molecule has 0 aliphatic rings. The van der Waals surface area contributed by atoms with Gasteiger partial charge in [0.25, 0.3) is 0 Å². The van der Waals surface area contributed by atoms with E-state index >= 15 is 0 Å². The SMILES string of the molecule is CC(C)OC(=O)OP(=O)(COC(C)Cn1cnc2c(N)ncnc21)OC(=O)OC(C)C. The van der Waals surface area contributed by atoms with Crippen LogP contribution in [0.15, 0.2) is 12.7 Å². The van der Waals surface area contributed by atoms with Crippen LogP contribution in [0, 0.1) is 0 Å². The van der Waals surface area contributed by atoms with Gasteiger partial charge in [-0.05, 0) is 34.6 Å². The number of ether oxygens (including phenoxy) is 3. The van der Waals surface area contributed by atoms with Crippen LogP contribution in [0.4, 0.5) is 15.4 Å². The van der Waals surface area contributed by atoms with Crippen molar-refractivity contribution in [2.24, 2.45) is 0 Å². The van der Waals surface area contributed by atoms with Crippen LogP contribution in [0.5, 0.6) is 0 Å². The Morgan fingerprint density at radius 3 is 2.16 bits per heavy atom. The van der Waals surface area contributed by atoms with Crippen molar-refractivity contribution in [3.05, 3.63) is 12.7 Å². The van der Waals surface area contributed by atoms with Crippen LogP contribution in [0.2, 0.25) is 0 Å². The minimum absolute atomic E-state index is 0.232. The summed E-state index contributed by atoms with van der Waals surface area (Å²) in [5.41, 5.74) is 6.68. The molecule has 1 unspecified atom stereocenters. The maximum atomic E-state index is 12.9. The monoisotopic (exact) mass is 459 g/mol. The zero-order chi connectivity index (χ0) is 23.2. The number of carbonyl (C=O) groups is 2. The van der Waals surface area contributed by atoms with Gasteiger partial charge in [0, 0.05) is 0 Å². The number of hydrogen-bond donors (Lipinski definition) is 1. The maximum Gasteiger partial charge on any atom is 0.515 e. The van der Waals surface area contributed by atoms with Crippen LogP contribution in [-0.4, -0.2) is 56.5 Å². The predicted molar refractivity (Wildman–Crippen MR) is 108 cm³/mol. The Morgan fingerprint density at radius 2 is 1.61 bits per heavy atom. The summed E-state index contributed by atoms with van der Waals surface area (Å²) < 4.78 is 39.2. The summed E-state index contributed by atoms with van der Waals surface area (Å²) in [5.74, 6) is 0.232. The molecule has 31 heavy (non-hydrogen) atoms. The third kappa shape index (κ3) is 7.37. The van der Waals surface area contributed by atoms with E-state index in [-0.39, 0.29) is 12.4 Å². The van der Waals surface area contributed by atoms with Gasteiger partial charge in [0.15, 0.2) is 17.8 Å². The number of aromatic nitrogens is 4. The van der Waals surface area contributed by atoms with Gasteiger partial charge in [0.1, 0.15) is 11.8 Å². The molecule has 2 rings (SSSR count). The second-order valence-corrected chi connectivity index (χ2v) is 8.91. The minimum atomic E-state index is -4.39. The molecule has 0 spiro atoms. The van der Waals surface area contributed by atoms with E-state index in [4.69, 9.17) is 29.0 Å². The van der Waals surface area contributed by atoms with Crippen LogP contribution < -0.4 is 5.73 Å². The van der Waals surface area contributed by atoms with Crippen LogP contribution in [0.1, 0.15) is 34.6 Å². The van der Waals surface area contributed by atoms with Crippen molar-refractivity contribution >= 4 is 36.9 Å². The summed E-state index contributed by atoms with van der Waals surface area (Å²) in [6.07, 6.45) is -2.08. The highest BCUT2D eigenvalue weighted by Gasteiger charge is 2.36. The average Bonchev–Trinajstić information content (AvgIpc) is 3.02. The largest absolute Gasteiger partial charge is 0.515 e. The van der Waals surface area contributed by atoms with Gasteiger partial charge < -0.3 is 33.6 Å². The van der Waals surface area contributed by atoms with Gasteiger partial charge in [-0.2, -0.15) is 0 Å². The van der Waals surface area contributed by atoms with Crippen molar-refractivity contribution in [1.82, 2.24) is 19.5 Å². The molecular weight excluding hydrogens is 433 g/mol. The lowest BCUT2D eigenvalue weighted by Gasteiger charge is -2.21. The van der Waals surface area contributed by atoms with Gasteiger partial charge in [-0.1, -0.05) is 0 Å². The van der Waals surface area contributed by atoms with Gasteiger partial charge in [0.2, 0.25) is 0 Å². The summed E-state index contributed by atoms with van der Waals surface area (Å²) in [7, 11) is -4.39. The molecule has 2 aromatic heterocycles. The molecule has 2 heterocycles. The zero-order valence-electron chi connectivity index (χ0n) is 17.9. The lowest BCUT2D eigenvalue weighted by atomic mass is 10.4. The van der Waals surface area contributed by atoms with Gasteiger partial charge in [-0.25, -0.2) is 29.1 Å². The molecule has 2 aromatic rings. The van der Waals surface area contributed by atoms with Crippen molar-refractivity contribution in [3.8, 4) is 0 Å². The standard InChI is InChI=1S/C17H26N5O8P/c1-10(2)27-16(23)29-31(25,30-17(24)28-11(3)4)9-26-12(5)6-22-8-21-13-14(18)19-7-20-15(13)22/h7-8,10-12H,6,9H2,1-5H3,(H2,18,19,20). The lowest BCUT2D eigenvalue weighted by Crippen LogP contribution is -2.21. The molecule has 1 atom stereocenters. The van der Waals surface area contributed by atoms with E-state index in [9.17, 15) is 14.2 Å². The number of nitrogens with two attached hydrogens (primary N) is 1. The quantitative estimate of drug-likeness (QED) is 0.430. The first-order valence-corrected chi connectivity index (χ1v) is 11.1. The third-order valence-corrected chi connectivity index (χ3v) is 4.81. The van der Waals surface area contributed by atoms with E-state index in [2.05, 4.69) is 15.0 Å². The van der Waals surface area contributed by atoms with E-state index in [1.807, 2.05) is 0 Å². The molecule has 0 aliphatic heterocycles. The first kappa shape index (κ1) is 24.4. The maximum absolute atomic E-state index is 12.9. The summed E-state index contributed by atoms with van der Waals surface area (Å²) >= 11 is 0. The number of hydrogen-bond acceptors (Lipinski definition) is 12. The molecule has 172 valence electrons. The number of rotatable bonds is 9. The number of fused-ring (bicyclic) bond motifs is 1. The second-order valence-electron chi connectivity index (χ2n) is 7.06. The Kier molecular flexibility index (Phi) is 8.17. The van der Waals surface area contributed by atoms with E-state index < -0.39 is 44.6 Å².